The van der Waals surface area contributed by atoms with Crippen molar-refractivity contribution in [2.24, 2.45) is 0 Å². The third kappa shape index (κ3) is 4.88. The Hall–Kier alpha value is -1.35. The molecule has 2 N–H and O–H groups in total. The fraction of sp³-hybridized carbons (Fsp3) is 0.533. The fourth-order valence-electron chi connectivity index (χ4n) is 2.07. The van der Waals surface area contributed by atoms with E-state index in [4.69, 9.17) is 5.11 Å². The van der Waals surface area contributed by atoms with Crippen LogP contribution < -0.4 is 5.32 Å². The van der Waals surface area contributed by atoms with Crippen molar-refractivity contribution in [2.45, 2.75) is 51.6 Å². The summed E-state index contributed by atoms with van der Waals surface area (Å²) in [4.78, 5) is 11.1. The molecule has 2 unspecified atom stereocenters. The molecule has 0 spiro atoms. The van der Waals surface area contributed by atoms with Gasteiger partial charge in [-0.2, -0.15) is 0 Å². The van der Waals surface area contributed by atoms with E-state index in [1.165, 1.54) is 5.56 Å². The summed E-state index contributed by atoms with van der Waals surface area (Å²) in [5.74, 6) is -0.747. The maximum absolute atomic E-state index is 11.1. The highest BCUT2D eigenvalue weighted by Crippen LogP contribution is 2.08. The highest BCUT2D eigenvalue weighted by atomic mass is 16.4. The number of aliphatic carboxylic acids is 1. The van der Waals surface area contributed by atoms with Crippen molar-refractivity contribution in [3.63, 3.8) is 0 Å². The molecule has 0 fully saturated rings. The Morgan fingerprint density at radius 2 is 1.94 bits per heavy atom. The second-order valence-electron chi connectivity index (χ2n) is 4.64. The van der Waals surface area contributed by atoms with Gasteiger partial charge in [0.2, 0.25) is 0 Å². The van der Waals surface area contributed by atoms with Gasteiger partial charge in [0.1, 0.15) is 6.04 Å². The molecule has 3 nitrogen and oxygen atoms in total. The summed E-state index contributed by atoms with van der Waals surface area (Å²) in [6.07, 6.45) is 3.37. The molecule has 0 bridgehead atoms. The molecule has 0 aliphatic heterocycles. The van der Waals surface area contributed by atoms with E-state index in [0.717, 1.165) is 19.3 Å². The van der Waals surface area contributed by atoms with Crippen LogP contribution in [0, 0.1) is 0 Å². The predicted octanol–water partition coefficient (Wildman–Crippen LogP) is 2.85. The van der Waals surface area contributed by atoms with Gasteiger partial charge in [0, 0.05) is 6.04 Å². The lowest BCUT2D eigenvalue weighted by Crippen LogP contribution is -2.44. The molecule has 0 amide bonds. The first-order chi connectivity index (χ1) is 8.67. The minimum atomic E-state index is -0.747. The van der Waals surface area contributed by atoms with Crippen molar-refractivity contribution in [2.75, 3.05) is 0 Å². The zero-order chi connectivity index (χ0) is 13.4. The highest BCUT2D eigenvalue weighted by molar-refractivity contribution is 5.73. The summed E-state index contributed by atoms with van der Waals surface area (Å²) >= 11 is 0. The van der Waals surface area contributed by atoms with Crippen molar-refractivity contribution < 1.29 is 9.90 Å². The largest absolute Gasteiger partial charge is 0.480 e. The van der Waals surface area contributed by atoms with Gasteiger partial charge < -0.3 is 10.4 Å². The Morgan fingerprint density at radius 1 is 1.28 bits per heavy atom. The molecule has 0 aliphatic carbocycles. The van der Waals surface area contributed by atoms with E-state index < -0.39 is 12.0 Å². The quantitative estimate of drug-likeness (QED) is 0.745. The number of rotatable bonds is 8. The van der Waals surface area contributed by atoms with Crippen LogP contribution >= 0.6 is 0 Å². The van der Waals surface area contributed by atoms with Gasteiger partial charge in [0.05, 0.1) is 0 Å². The first-order valence-corrected chi connectivity index (χ1v) is 6.70. The topological polar surface area (TPSA) is 49.3 Å². The van der Waals surface area contributed by atoms with Crippen LogP contribution in [0.15, 0.2) is 30.3 Å². The Labute approximate surface area is 109 Å². The predicted molar refractivity (Wildman–Crippen MR) is 73.7 cm³/mol. The van der Waals surface area contributed by atoms with Gasteiger partial charge in [0.15, 0.2) is 0 Å². The van der Waals surface area contributed by atoms with Crippen LogP contribution in [-0.4, -0.2) is 23.2 Å². The molecule has 0 saturated carbocycles. The molecule has 0 heterocycles. The molecule has 1 rings (SSSR count). The van der Waals surface area contributed by atoms with Gasteiger partial charge in [-0.05, 0) is 24.8 Å². The number of benzene rings is 1. The summed E-state index contributed by atoms with van der Waals surface area (Å²) < 4.78 is 0. The standard InChI is InChI=1S/C15H23NO2/c1-3-8-14(15(17)18)16-13(4-2)11-12-9-6-5-7-10-12/h5-7,9-10,13-14,16H,3-4,8,11H2,1-2H3,(H,17,18). The molecule has 0 aromatic heterocycles. The van der Waals surface area contributed by atoms with Crippen LogP contribution in [0.2, 0.25) is 0 Å². The summed E-state index contributed by atoms with van der Waals surface area (Å²) in [6, 6.07) is 9.99. The van der Waals surface area contributed by atoms with Crippen LogP contribution in [0.3, 0.4) is 0 Å². The molecule has 1 aromatic rings. The Morgan fingerprint density at radius 3 is 2.44 bits per heavy atom. The molecule has 1 aromatic carbocycles. The van der Waals surface area contributed by atoms with Gasteiger partial charge in [0.25, 0.3) is 0 Å². The molecule has 0 saturated heterocycles. The Balaban J connectivity index is 2.57. The normalized spacial score (nSPS) is 14.1. The lowest BCUT2D eigenvalue weighted by atomic mass is 10.0. The molecule has 18 heavy (non-hydrogen) atoms. The Kier molecular flexibility index (Phi) is 6.44. The van der Waals surface area contributed by atoms with Crippen LogP contribution in [0.5, 0.6) is 0 Å². The summed E-state index contributed by atoms with van der Waals surface area (Å²) in [6.45, 7) is 4.10. The van der Waals surface area contributed by atoms with E-state index >= 15 is 0 Å². The highest BCUT2D eigenvalue weighted by Gasteiger charge is 2.19. The average molecular weight is 249 g/mol. The number of carboxylic acids is 1. The van der Waals surface area contributed by atoms with Crippen molar-refractivity contribution >= 4 is 5.97 Å². The molecule has 3 heteroatoms. The minimum absolute atomic E-state index is 0.222. The maximum atomic E-state index is 11.1. The number of carbonyl (C=O) groups is 1. The van der Waals surface area contributed by atoms with Crippen molar-refractivity contribution in [1.29, 1.82) is 0 Å². The molecule has 0 aliphatic rings. The lowest BCUT2D eigenvalue weighted by molar-refractivity contribution is -0.139. The van der Waals surface area contributed by atoms with E-state index in [0.29, 0.717) is 6.42 Å². The second kappa shape index (κ2) is 7.88. The van der Waals surface area contributed by atoms with Gasteiger partial charge in [-0.15, -0.1) is 0 Å². The van der Waals surface area contributed by atoms with Crippen LogP contribution in [-0.2, 0) is 11.2 Å². The van der Waals surface area contributed by atoms with Gasteiger partial charge >= 0.3 is 5.97 Å². The van der Waals surface area contributed by atoms with Gasteiger partial charge in [-0.1, -0.05) is 50.6 Å². The third-order valence-corrected chi connectivity index (χ3v) is 3.13. The number of hydrogen-bond acceptors (Lipinski definition) is 2. The van der Waals surface area contributed by atoms with E-state index in [1.807, 2.05) is 25.1 Å². The van der Waals surface area contributed by atoms with Crippen LogP contribution in [0.4, 0.5) is 0 Å². The van der Waals surface area contributed by atoms with Crippen molar-refractivity contribution in [1.82, 2.24) is 5.32 Å². The summed E-state index contributed by atoms with van der Waals surface area (Å²) in [5.41, 5.74) is 1.25. The number of nitrogens with one attached hydrogen (secondary N) is 1. The number of hydrogen-bond donors (Lipinski definition) is 2. The van der Waals surface area contributed by atoms with Crippen molar-refractivity contribution in [3.05, 3.63) is 35.9 Å². The van der Waals surface area contributed by atoms with E-state index in [2.05, 4.69) is 24.4 Å². The lowest BCUT2D eigenvalue weighted by Gasteiger charge is -2.22. The number of carboxylic acid groups (broad SMARTS) is 1. The van der Waals surface area contributed by atoms with Crippen LogP contribution in [0.25, 0.3) is 0 Å². The Bertz CT molecular complexity index is 351. The summed E-state index contributed by atoms with van der Waals surface area (Å²) in [5, 5.41) is 12.4. The molecule has 2 atom stereocenters. The van der Waals surface area contributed by atoms with Gasteiger partial charge in [-0.25, -0.2) is 0 Å². The summed E-state index contributed by atoms with van der Waals surface area (Å²) in [7, 11) is 0. The maximum Gasteiger partial charge on any atom is 0.320 e. The van der Waals surface area contributed by atoms with E-state index in [-0.39, 0.29) is 6.04 Å². The third-order valence-electron chi connectivity index (χ3n) is 3.13. The molecule has 100 valence electrons. The smallest absolute Gasteiger partial charge is 0.320 e. The minimum Gasteiger partial charge on any atom is -0.480 e. The second-order valence-corrected chi connectivity index (χ2v) is 4.64. The SMILES string of the molecule is CCCC(NC(CC)Cc1ccccc1)C(=O)O. The first kappa shape index (κ1) is 14.7. The zero-order valence-electron chi connectivity index (χ0n) is 11.2. The fourth-order valence-corrected chi connectivity index (χ4v) is 2.07. The first-order valence-electron chi connectivity index (χ1n) is 6.70. The monoisotopic (exact) mass is 249 g/mol. The zero-order valence-corrected chi connectivity index (χ0v) is 11.2. The molecular formula is C15H23NO2. The van der Waals surface area contributed by atoms with E-state index in [1.54, 1.807) is 0 Å². The average Bonchev–Trinajstić information content (AvgIpc) is 2.38. The molecule has 0 radical (unpaired) electrons. The van der Waals surface area contributed by atoms with Crippen molar-refractivity contribution in [3.8, 4) is 0 Å². The van der Waals surface area contributed by atoms with Crippen LogP contribution in [0.1, 0.15) is 38.7 Å². The van der Waals surface area contributed by atoms with Gasteiger partial charge in [-0.3, -0.25) is 4.79 Å². The molecular weight excluding hydrogens is 226 g/mol. The van der Waals surface area contributed by atoms with E-state index in [9.17, 15) is 4.79 Å².